The molecule has 5 rings (SSSR count). The van der Waals surface area contributed by atoms with Crippen LogP contribution in [0, 0.1) is 0 Å². The third kappa shape index (κ3) is 3.45. The molecule has 7 nitrogen and oxygen atoms in total. The molecule has 5 aromatic rings. The van der Waals surface area contributed by atoms with Gasteiger partial charge in [-0.1, -0.05) is 30.3 Å². The average Bonchev–Trinajstić information content (AvgIpc) is 3.36. The van der Waals surface area contributed by atoms with E-state index in [-0.39, 0.29) is 4.90 Å². The van der Waals surface area contributed by atoms with Crippen LogP contribution in [0.15, 0.2) is 88.4 Å². The van der Waals surface area contributed by atoms with Gasteiger partial charge in [0.15, 0.2) is 0 Å². The fourth-order valence-corrected chi connectivity index (χ4v) is 4.69. The molecule has 0 fully saturated rings. The van der Waals surface area contributed by atoms with Gasteiger partial charge in [-0.3, -0.25) is 4.72 Å². The number of rotatable bonds is 5. The van der Waals surface area contributed by atoms with Gasteiger partial charge in [0.05, 0.1) is 4.90 Å². The highest BCUT2D eigenvalue weighted by Gasteiger charge is 2.18. The molecule has 0 aliphatic rings. The molecule has 0 amide bonds. The third-order valence-corrected chi connectivity index (χ3v) is 6.62. The Labute approximate surface area is 178 Å². The summed E-state index contributed by atoms with van der Waals surface area (Å²) in [7, 11) is -2.01. The number of anilines is 1. The normalized spacial score (nSPS) is 13.0. The lowest BCUT2D eigenvalue weighted by molar-refractivity contribution is 0.206. The Kier molecular flexibility index (Phi) is 4.53. The predicted molar refractivity (Wildman–Crippen MR) is 118 cm³/mol. The van der Waals surface area contributed by atoms with Crippen molar-refractivity contribution in [1.82, 2.24) is 9.55 Å². The van der Waals surface area contributed by atoms with Gasteiger partial charge < -0.3 is 14.1 Å². The minimum Gasteiger partial charge on any atom is -0.456 e. The monoisotopic (exact) mass is 433 g/mol. The number of aromatic nitrogens is 2. The van der Waals surface area contributed by atoms with Gasteiger partial charge in [0.2, 0.25) is 0 Å². The molecule has 0 aliphatic heterocycles. The molecule has 2 aromatic heterocycles. The molecule has 2 N–H and O–H groups in total. The van der Waals surface area contributed by atoms with Gasteiger partial charge in [-0.25, -0.2) is 13.4 Å². The second-order valence-electron chi connectivity index (χ2n) is 7.28. The standard InChI is InChI=1S/C23H19N3O4S/c1-26-13-12-24-23(26)22(27)15-6-8-16(9-7-15)25-31(28,29)17-10-11-21-19(14-17)18-4-2-3-5-20(18)30-21/h2-14,22,25,27H,1H3/t22-/m1/s1. The number of sulfonamides is 1. The zero-order chi connectivity index (χ0) is 21.6. The van der Waals surface area contributed by atoms with Crippen molar-refractivity contribution in [2.24, 2.45) is 7.05 Å². The number of fused-ring (bicyclic) bond motifs is 3. The van der Waals surface area contributed by atoms with Gasteiger partial charge in [-0.2, -0.15) is 0 Å². The first-order valence-corrected chi connectivity index (χ1v) is 11.1. The third-order valence-electron chi connectivity index (χ3n) is 5.24. The topological polar surface area (TPSA) is 97.4 Å². The first-order chi connectivity index (χ1) is 14.9. The van der Waals surface area contributed by atoms with Gasteiger partial charge >= 0.3 is 0 Å². The summed E-state index contributed by atoms with van der Waals surface area (Å²) >= 11 is 0. The van der Waals surface area contributed by atoms with Gasteiger partial charge in [-0.15, -0.1) is 0 Å². The smallest absolute Gasteiger partial charge is 0.261 e. The van der Waals surface area contributed by atoms with E-state index in [0.717, 1.165) is 10.8 Å². The molecule has 0 radical (unpaired) electrons. The van der Waals surface area contributed by atoms with Gasteiger partial charge in [-0.05, 0) is 42.0 Å². The highest BCUT2D eigenvalue weighted by molar-refractivity contribution is 7.92. The number of furan rings is 1. The highest BCUT2D eigenvalue weighted by atomic mass is 32.2. The summed E-state index contributed by atoms with van der Waals surface area (Å²) in [4.78, 5) is 4.29. The van der Waals surface area contributed by atoms with Crippen LogP contribution >= 0.6 is 0 Å². The van der Waals surface area contributed by atoms with Crippen molar-refractivity contribution in [3.63, 3.8) is 0 Å². The Hall–Kier alpha value is -3.62. The number of aliphatic hydroxyl groups is 1. The number of hydrogen-bond donors (Lipinski definition) is 2. The van der Waals surface area contributed by atoms with Crippen LogP contribution in [0.25, 0.3) is 21.9 Å². The Morgan fingerprint density at radius 3 is 2.48 bits per heavy atom. The van der Waals surface area contributed by atoms with Crippen LogP contribution in [0.1, 0.15) is 17.5 Å². The van der Waals surface area contributed by atoms with Crippen LogP contribution in [0.3, 0.4) is 0 Å². The van der Waals surface area contributed by atoms with Crippen molar-refractivity contribution < 1.29 is 17.9 Å². The van der Waals surface area contributed by atoms with E-state index in [9.17, 15) is 13.5 Å². The minimum atomic E-state index is -3.80. The summed E-state index contributed by atoms with van der Waals surface area (Å²) in [5, 5.41) is 12.1. The summed E-state index contributed by atoms with van der Waals surface area (Å²) in [6.45, 7) is 0. The van der Waals surface area contributed by atoms with Crippen LogP contribution in [0.5, 0.6) is 0 Å². The lowest BCUT2D eigenvalue weighted by Crippen LogP contribution is -2.13. The highest BCUT2D eigenvalue weighted by Crippen LogP contribution is 2.31. The van der Waals surface area contributed by atoms with E-state index in [1.54, 1.807) is 60.4 Å². The molecule has 0 bridgehead atoms. The molecule has 31 heavy (non-hydrogen) atoms. The Balaban J connectivity index is 1.43. The first-order valence-electron chi connectivity index (χ1n) is 9.62. The lowest BCUT2D eigenvalue weighted by Gasteiger charge is -2.13. The predicted octanol–water partition coefficient (Wildman–Crippen LogP) is 4.20. The van der Waals surface area contributed by atoms with Crippen molar-refractivity contribution in [3.8, 4) is 0 Å². The summed E-state index contributed by atoms with van der Waals surface area (Å²) in [5.74, 6) is 0.508. The Morgan fingerprint density at radius 1 is 1.00 bits per heavy atom. The van der Waals surface area contributed by atoms with Gasteiger partial charge in [0.1, 0.15) is 23.1 Å². The average molecular weight is 433 g/mol. The number of imidazole rings is 1. The number of benzene rings is 3. The van der Waals surface area contributed by atoms with E-state index in [1.807, 2.05) is 24.3 Å². The Morgan fingerprint density at radius 2 is 1.74 bits per heavy atom. The molecule has 2 heterocycles. The molecular formula is C23H19N3O4S. The summed E-state index contributed by atoms with van der Waals surface area (Å²) in [6, 6.07) is 18.9. The van der Waals surface area contributed by atoms with E-state index < -0.39 is 16.1 Å². The number of para-hydroxylation sites is 1. The fourth-order valence-electron chi connectivity index (χ4n) is 3.61. The number of aryl methyl sites for hydroxylation is 1. The molecule has 0 saturated carbocycles. The van der Waals surface area contributed by atoms with Crippen LogP contribution in [0.4, 0.5) is 5.69 Å². The summed E-state index contributed by atoms with van der Waals surface area (Å²) in [5.41, 5.74) is 2.35. The van der Waals surface area contributed by atoms with Gasteiger partial charge in [0.25, 0.3) is 10.0 Å². The number of nitrogens with zero attached hydrogens (tertiary/aromatic N) is 2. The van der Waals surface area contributed by atoms with Crippen molar-refractivity contribution >= 4 is 37.6 Å². The van der Waals surface area contributed by atoms with E-state index in [2.05, 4.69) is 9.71 Å². The lowest BCUT2D eigenvalue weighted by atomic mass is 10.1. The molecule has 0 unspecified atom stereocenters. The molecule has 1 atom stereocenters. The number of nitrogens with one attached hydrogen (secondary N) is 1. The van der Waals surface area contributed by atoms with Crippen LogP contribution in [-0.4, -0.2) is 23.1 Å². The maximum absolute atomic E-state index is 12.9. The maximum atomic E-state index is 12.9. The molecule has 8 heteroatoms. The van der Waals surface area contributed by atoms with E-state index in [4.69, 9.17) is 4.42 Å². The van der Waals surface area contributed by atoms with E-state index in [0.29, 0.717) is 28.2 Å². The van der Waals surface area contributed by atoms with E-state index >= 15 is 0 Å². The molecule has 3 aromatic carbocycles. The van der Waals surface area contributed by atoms with Crippen LogP contribution in [0.2, 0.25) is 0 Å². The SMILES string of the molecule is Cn1ccnc1[C@H](O)c1ccc(NS(=O)(=O)c2ccc3oc4ccccc4c3c2)cc1. The van der Waals surface area contributed by atoms with Crippen LogP contribution < -0.4 is 4.72 Å². The quantitative estimate of drug-likeness (QED) is 0.433. The van der Waals surface area contributed by atoms with Crippen molar-refractivity contribution in [2.75, 3.05) is 4.72 Å². The van der Waals surface area contributed by atoms with Crippen molar-refractivity contribution in [2.45, 2.75) is 11.0 Å². The van der Waals surface area contributed by atoms with Crippen molar-refractivity contribution in [1.29, 1.82) is 0 Å². The first kappa shape index (κ1) is 19.3. The second-order valence-corrected chi connectivity index (χ2v) is 8.96. The zero-order valence-corrected chi connectivity index (χ0v) is 17.4. The molecular weight excluding hydrogens is 414 g/mol. The maximum Gasteiger partial charge on any atom is 0.261 e. The molecule has 156 valence electrons. The van der Waals surface area contributed by atoms with Crippen LogP contribution in [-0.2, 0) is 17.1 Å². The zero-order valence-electron chi connectivity index (χ0n) is 16.6. The second kappa shape index (κ2) is 7.26. The minimum absolute atomic E-state index is 0.142. The Bertz CT molecular complexity index is 1500. The largest absolute Gasteiger partial charge is 0.456 e. The fraction of sp³-hybridized carbons (Fsp3) is 0.0870. The van der Waals surface area contributed by atoms with E-state index in [1.165, 1.54) is 6.07 Å². The van der Waals surface area contributed by atoms with Crippen molar-refractivity contribution in [3.05, 3.63) is 90.5 Å². The number of aliphatic hydroxyl groups excluding tert-OH is 1. The summed E-state index contributed by atoms with van der Waals surface area (Å²) < 4.78 is 36.0. The summed E-state index contributed by atoms with van der Waals surface area (Å²) in [6.07, 6.45) is 2.46. The molecule has 0 saturated heterocycles. The van der Waals surface area contributed by atoms with Gasteiger partial charge in [0, 0.05) is 35.9 Å². The molecule has 0 aliphatic carbocycles. The molecule has 0 spiro atoms. The number of hydrogen-bond acceptors (Lipinski definition) is 5.